The molecule has 160 valence electrons. The Morgan fingerprint density at radius 3 is 2.75 bits per heavy atom. The molecule has 0 saturated carbocycles. The first-order valence-electron chi connectivity index (χ1n) is 9.83. The van der Waals surface area contributed by atoms with Crippen LogP contribution in [0.3, 0.4) is 0 Å². The van der Waals surface area contributed by atoms with Crippen LogP contribution in [-0.2, 0) is 4.74 Å². The number of carbonyl (C=O) groups excluding carboxylic acids is 1. The summed E-state index contributed by atoms with van der Waals surface area (Å²) in [6.45, 7) is 1.90. The lowest BCUT2D eigenvalue weighted by atomic mass is 10.1. The van der Waals surface area contributed by atoms with Gasteiger partial charge in [0.15, 0.2) is 11.5 Å². The number of halogens is 1. The first kappa shape index (κ1) is 19.6. The van der Waals surface area contributed by atoms with Crippen molar-refractivity contribution in [3.05, 3.63) is 72.3 Å². The van der Waals surface area contributed by atoms with Gasteiger partial charge in [0, 0.05) is 5.69 Å². The van der Waals surface area contributed by atoms with Gasteiger partial charge in [-0.2, -0.15) is 0 Å². The number of benzene rings is 2. The first-order chi connectivity index (χ1) is 15.6. The Hall–Kier alpha value is -4.34. The second kappa shape index (κ2) is 7.73. The number of para-hydroxylation sites is 1. The molecule has 5 rings (SSSR count). The highest BCUT2D eigenvalue weighted by Gasteiger charge is 2.26. The van der Waals surface area contributed by atoms with E-state index in [2.05, 4.69) is 25.3 Å². The summed E-state index contributed by atoms with van der Waals surface area (Å²) in [4.78, 5) is 32.8. The highest BCUT2D eigenvalue weighted by molar-refractivity contribution is 6.03. The molecule has 10 heteroatoms. The predicted octanol–water partition coefficient (Wildman–Crippen LogP) is 3.79. The molecule has 5 aromatic rings. The van der Waals surface area contributed by atoms with E-state index in [4.69, 9.17) is 9.72 Å². The normalized spacial score (nSPS) is 12.2. The SMILES string of the molecule is COC(=O)c1c(F)ccc2nc(C(C)Nc3ncnc4nc[nH]c34)n(-c3ccccc3)c12. The number of methoxy groups -OCH3 is 1. The Morgan fingerprint density at radius 2 is 1.97 bits per heavy atom. The van der Waals surface area contributed by atoms with Crippen molar-refractivity contribution in [2.75, 3.05) is 12.4 Å². The van der Waals surface area contributed by atoms with Crippen molar-refractivity contribution < 1.29 is 13.9 Å². The van der Waals surface area contributed by atoms with Crippen LogP contribution < -0.4 is 5.32 Å². The number of nitrogens with one attached hydrogen (secondary N) is 2. The van der Waals surface area contributed by atoms with Crippen molar-refractivity contribution in [2.45, 2.75) is 13.0 Å². The largest absolute Gasteiger partial charge is 0.465 e. The third-order valence-corrected chi connectivity index (χ3v) is 5.16. The van der Waals surface area contributed by atoms with Crippen molar-refractivity contribution >= 4 is 34.0 Å². The van der Waals surface area contributed by atoms with Gasteiger partial charge in [-0.3, -0.25) is 4.57 Å². The number of imidazole rings is 2. The van der Waals surface area contributed by atoms with Gasteiger partial charge in [0.1, 0.15) is 29.0 Å². The molecule has 9 nitrogen and oxygen atoms in total. The monoisotopic (exact) mass is 431 g/mol. The molecule has 0 fully saturated rings. The quantitative estimate of drug-likeness (QED) is 0.407. The van der Waals surface area contributed by atoms with Gasteiger partial charge in [0.05, 0.1) is 30.5 Å². The molecule has 2 N–H and O–H groups in total. The van der Waals surface area contributed by atoms with Crippen LogP contribution in [0, 0.1) is 5.82 Å². The van der Waals surface area contributed by atoms with Gasteiger partial charge < -0.3 is 15.0 Å². The number of rotatable bonds is 5. The van der Waals surface area contributed by atoms with Crippen LogP contribution in [0.5, 0.6) is 0 Å². The molecule has 0 aliphatic rings. The molecule has 3 heterocycles. The molecule has 0 saturated heterocycles. The maximum Gasteiger partial charge on any atom is 0.343 e. The van der Waals surface area contributed by atoms with Gasteiger partial charge in [-0.05, 0) is 31.2 Å². The van der Waals surface area contributed by atoms with E-state index in [0.29, 0.717) is 33.8 Å². The highest BCUT2D eigenvalue weighted by atomic mass is 19.1. The minimum absolute atomic E-state index is 0.169. The number of carbonyl (C=O) groups is 1. The zero-order chi connectivity index (χ0) is 22.2. The fourth-order valence-electron chi connectivity index (χ4n) is 3.73. The zero-order valence-corrected chi connectivity index (χ0v) is 17.2. The summed E-state index contributed by atoms with van der Waals surface area (Å²) in [5.74, 6) is -0.338. The molecule has 0 radical (unpaired) electrons. The molecule has 0 amide bonds. The lowest BCUT2D eigenvalue weighted by Gasteiger charge is -2.17. The number of nitrogens with zero attached hydrogens (tertiary/aromatic N) is 5. The minimum atomic E-state index is -0.771. The van der Waals surface area contributed by atoms with Crippen LogP contribution in [-0.4, -0.2) is 42.6 Å². The van der Waals surface area contributed by atoms with E-state index in [0.717, 1.165) is 5.69 Å². The van der Waals surface area contributed by atoms with E-state index in [1.807, 2.05) is 37.3 Å². The second-order valence-electron chi connectivity index (χ2n) is 7.11. The third kappa shape index (κ3) is 3.13. The van der Waals surface area contributed by atoms with E-state index in [9.17, 15) is 9.18 Å². The second-order valence-corrected chi connectivity index (χ2v) is 7.11. The summed E-state index contributed by atoms with van der Waals surface area (Å²) in [6.07, 6.45) is 2.96. The van der Waals surface area contributed by atoms with Crippen LogP contribution in [0.2, 0.25) is 0 Å². The smallest absolute Gasteiger partial charge is 0.343 e. The number of fused-ring (bicyclic) bond motifs is 2. The lowest BCUT2D eigenvalue weighted by Crippen LogP contribution is -2.15. The fraction of sp³-hybridized carbons (Fsp3) is 0.136. The van der Waals surface area contributed by atoms with Crippen LogP contribution in [0.1, 0.15) is 29.1 Å². The van der Waals surface area contributed by atoms with Crippen LogP contribution in [0.4, 0.5) is 10.2 Å². The Morgan fingerprint density at radius 1 is 1.16 bits per heavy atom. The summed E-state index contributed by atoms with van der Waals surface area (Å²) in [7, 11) is 1.22. The molecular formula is C22H18FN7O2. The number of anilines is 1. The molecule has 0 spiro atoms. The molecule has 3 aromatic heterocycles. The molecule has 0 aliphatic heterocycles. The number of hydrogen-bond acceptors (Lipinski definition) is 7. The van der Waals surface area contributed by atoms with Crippen LogP contribution in [0.15, 0.2) is 55.1 Å². The number of hydrogen-bond donors (Lipinski definition) is 2. The van der Waals surface area contributed by atoms with Gasteiger partial charge >= 0.3 is 5.97 Å². The Balaban J connectivity index is 1.72. The van der Waals surface area contributed by atoms with Gasteiger partial charge in [0.2, 0.25) is 0 Å². The van der Waals surface area contributed by atoms with Crippen molar-refractivity contribution in [2.24, 2.45) is 0 Å². The van der Waals surface area contributed by atoms with E-state index in [1.165, 1.54) is 19.5 Å². The van der Waals surface area contributed by atoms with Gasteiger partial charge in [-0.25, -0.2) is 29.1 Å². The first-order valence-corrected chi connectivity index (χ1v) is 9.83. The van der Waals surface area contributed by atoms with E-state index in [1.54, 1.807) is 17.0 Å². The third-order valence-electron chi connectivity index (χ3n) is 5.16. The summed E-state index contributed by atoms with van der Waals surface area (Å²) in [6, 6.07) is 11.7. The average molecular weight is 431 g/mol. The summed E-state index contributed by atoms with van der Waals surface area (Å²) in [5, 5.41) is 3.32. The summed E-state index contributed by atoms with van der Waals surface area (Å²) < 4.78 is 21.4. The van der Waals surface area contributed by atoms with Crippen molar-refractivity contribution in [1.82, 2.24) is 29.5 Å². The molecule has 0 bridgehead atoms. The molecule has 1 atom stereocenters. The molecular weight excluding hydrogens is 413 g/mol. The highest BCUT2D eigenvalue weighted by Crippen LogP contribution is 2.31. The molecule has 1 unspecified atom stereocenters. The predicted molar refractivity (Wildman–Crippen MR) is 116 cm³/mol. The molecule has 32 heavy (non-hydrogen) atoms. The summed E-state index contributed by atoms with van der Waals surface area (Å²) in [5.41, 5.74) is 2.54. The number of aromatic nitrogens is 6. The molecule has 2 aromatic carbocycles. The minimum Gasteiger partial charge on any atom is -0.465 e. The molecule has 0 aliphatic carbocycles. The fourth-order valence-corrected chi connectivity index (χ4v) is 3.73. The van der Waals surface area contributed by atoms with E-state index >= 15 is 0 Å². The average Bonchev–Trinajstić information content (AvgIpc) is 3.44. The van der Waals surface area contributed by atoms with Gasteiger partial charge in [0.25, 0.3) is 0 Å². The Kier molecular flexibility index (Phi) is 4.74. The maximum atomic E-state index is 14.8. The van der Waals surface area contributed by atoms with Gasteiger partial charge in [-0.1, -0.05) is 18.2 Å². The van der Waals surface area contributed by atoms with Gasteiger partial charge in [-0.15, -0.1) is 0 Å². The van der Waals surface area contributed by atoms with Crippen LogP contribution in [0.25, 0.3) is 27.9 Å². The van der Waals surface area contributed by atoms with Crippen molar-refractivity contribution in [3.8, 4) is 5.69 Å². The Labute approximate surface area is 181 Å². The van der Waals surface area contributed by atoms with Crippen molar-refractivity contribution in [3.63, 3.8) is 0 Å². The van der Waals surface area contributed by atoms with Crippen molar-refractivity contribution in [1.29, 1.82) is 0 Å². The Bertz CT molecular complexity index is 1450. The lowest BCUT2D eigenvalue weighted by molar-refractivity contribution is 0.0597. The zero-order valence-electron chi connectivity index (χ0n) is 17.2. The topological polar surface area (TPSA) is 111 Å². The number of H-pyrrole nitrogens is 1. The summed E-state index contributed by atoms with van der Waals surface area (Å²) >= 11 is 0. The number of aromatic amines is 1. The maximum absolute atomic E-state index is 14.8. The van der Waals surface area contributed by atoms with E-state index < -0.39 is 11.8 Å². The van der Waals surface area contributed by atoms with Crippen LogP contribution >= 0.6 is 0 Å². The number of esters is 1. The number of ether oxygens (including phenoxy) is 1. The van der Waals surface area contributed by atoms with E-state index in [-0.39, 0.29) is 11.6 Å². The standard InChI is InChI=1S/C22H18FN7O2/c1-12(28-20-17-19(25-10-24-17)26-11-27-20)21-29-15-9-8-14(23)16(22(31)32-2)18(15)30(21)13-6-4-3-5-7-13/h3-12H,1-2H3,(H2,24,25,26,27,28).